The predicted molar refractivity (Wildman–Crippen MR) is 125 cm³/mol. The molecule has 0 radical (unpaired) electrons. The minimum atomic E-state index is -4.84. The van der Waals surface area contributed by atoms with Crippen molar-refractivity contribution in [1.29, 1.82) is 0 Å². The number of amides is 1. The molecule has 2 N–H and O–H groups in total. The van der Waals surface area contributed by atoms with Gasteiger partial charge in [0.25, 0.3) is 15.9 Å². The Hall–Kier alpha value is -3.75. The summed E-state index contributed by atoms with van der Waals surface area (Å²) in [4.78, 5) is 15.1. The van der Waals surface area contributed by atoms with Gasteiger partial charge in [0.05, 0.1) is 15.5 Å². The number of alkyl halides is 3. The molecule has 1 amide bonds. The number of carbonyl (C=O) groups is 1. The molecule has 0 unspecified atom stereocenters. The summed E-state index contributed by atoms with van der Waals surface area (Å²) < 4.78 is 73.3. The number of benzene rings is 2. The highest BCUT2D eigenvalue weighted by molar-refractivity contribution is 7.92. The summed E-state index contributed by atoms with van der Waals surface area (Å²) >= 11 is 5.59. The van der Waals surface area contributed by atoms with E-state index in [1.807, 2.05) is 0 Å². The van der Waals surface area contributed by atoms with Crippen molar-refractivity contribution in [3.05, 3.63) is 70.9 Å². The van der Waals surface area contributed by atoms with E-state index in [1.54, 1.807) is 19.1 Å². The monoisotopic (exact) mass is 523 g/mol. The number of nitrogens with zero attached hydrogens (tertiary/aromatic N) is 1. The zero-order chi connectivity index (χ0) is 25.8. The number of rotatable bonds is 6. The summed E-state index contributed by atoms with van der Waals surface area (Å²) in [5.74, 6) is 4.30. The molecule has 0 saturated heterocycles. The number of hydrogen-bond acceptors (Lipinski definition) is 5. The molecule has 0 aliphatic carbocycles. The molecule has 12 heteroatoms. The van der Waals surface area contributed by atoms with Crippen molar-refractivity contribution >= 4 is 38.9 Å². The van der Waals surface area contributed by atoms with Crippen LogP contribution in [-0.2, 0) is 21.0 Å². The number of anilines is 2. The van der Waals surface area contributed by atoms with Crippen molar-refractivity contribution < 1.29 is 31.1 Å². The number of aromatic nitrogens is 1. The Morgan fingerprint density at radius 2 is 1.89 bits per heavy atom. The van der Waals surface area contributed by atoms with Gasteiger partial charge < -0.3 is 10.1 Å². The van der Waals surface area contributed by atoms with E-state index in [2.05, 4.69) is 26.9 Å². The van der Waals surface area contributed by atoms with Gasteiger partial charge in [-0.15, -0.1) is 0 Å². The highest BCUT2D eigenvalue weighted by Gasteiger charge is 2.34. The maximum Gasteiger partial charge on any atom is 0.417 e. The highest BCUT2D eigenvalue weighted by Crippen LogP contribution is 2.37. The first-order valence-corrected chi connectivity index (χ1v) is 11.6. The molecule has 1 aromatic heterocycles. The average molecular weight is 524 g/mol. The van der Waals surface area contributed by atoms with E-state index < -0.39 is 37.6 Å². The van der Waals surface area contributed by atoms with Gasteiger partial charge in [-0.2, -0.15) is 13.2 Å². The molecule has 2 aromatic carbocycles. The van der Waals surface area contributed by atoms with Crippen molar-refractivity contribution in [1.82, 2.24) is 4.98 Å². The highest BCUT2D eigenvalue weighted by atomic mass is 35.5. The maximum atomic E-state index is 13.2. The quantitative estimate of drug-likeness (QED) is 0.409. The minimum absolute atomic E-state index is 0.111. The molecule has 35 heavy (non-hydrogen) atoms. The molecule has 0 bridgehead atoms. The third kappa shape index (κ3) is 6.65. The molecule has 0 spiro atoms. The van der Waals surface area contributed by atoms with Crippen LogP contribution in [0.3, 0.4) is 0 Å². The van der Waals surface area contributed by atoms with Crippen LogP contribution in [0.2, 0.25) is 5.02 Å². The van der Waals surface area contributed by atoms with Crippen molar-refractivity contribution in [2.24, 2.45) is 0 Å². The normalized spacial score (nSPS) is 11.3. The summed E-state index contributed by atoms with van der Waals surface area (Å²) in [6, 6.07) is 9.83. The fourth-order valence-corrected chi connectivity index (χ4v) is 4.13. The lowest BCUT2D eigenvalue weighted by Crippen LogP contribution is -2.16. The Morgan fingerprint density at radius 3 is 2.57 bits per heavy atom. The number of pyridine rings is 1. The van der Waals surface area contributed by atoms with Gasteiger partial charge in [0, 0.05) is 18.0 Å². The minimum Gasteiger partial charge on any atom is -0.437 e. The molecule has 0 fully saturated rings. The standard InChI is InChI=1S/C23H17ClF3N3O4S/c1-3-5-21(31)29-15-6-4-7-16(11-15)34-22-20(10-14(2)13-28-22)30-35(32,33)17-8-9-19(24)18(12-17)23(25,26)27/h4,6-13,30H,1-2H3,(H,29,31). The molecular weight excluding hydrogens is 507 g/mol. The van der Waals surface area contributed by atoms with Gasteiger partial charge in [0.2, 0.25) is 5.88 Å². The second-order valence-electron chi connectivity index (χ2n) is 7.07. The third-order valence-corrected chi connectivity index (χ3v) is 6.02. The van der Waals surface area contributed by atoms with Gasteiger partial charge in [-0.1, -0.05) is 23.6 Å². The number of ether oxygens (including phenoxy) is 1. The van der Waals surface area contributed by atoms with E-state index in [0.29, 0.717) is 17.3 Å². The number of nitrogens with one attached hydrogen (secondary N) is 2. The molecule has 1 heterocycles. The van der Waals surface area contributed by atoms with Crippen LogP contribution in [0.4, 0.5) is 24.5 Å². The Balaban J connectivity index is 1.92. The van der Waals surface area contributed by atoms with Crippen molar-refractivity contribution in [2.45, 2.75) is 24.9 Å². The molecule has 0 atom stereocenters. The van der Waals surface area contributed by atoms with E-state index in [4.69, 9.17) is 16.3 Å². The second kappa shape index (κ2) is 10.2. The summed E-state index contributed by atoms with van der Waals surface area (Å²) in [5, 5.41) is 1.92. The van der Waals surface area contributed by atoms with Crippen molar-refractivity contribution in [2.75, 3.05) is 10.0 Å². The maximum absolute atomic E-state index is 13.2. The van der Waals surface area contributed by atoms with Crippen LogP contribution in [0.25, 0.3) is 0 Å². The van der Waals surface area contributed by atoms with Crippen molar-refractivity contribution in [3.8, 4) is 23.5 Å². The van der Waals surface area contributed by atoms with Crippen LogP contribution in [0.5, 0.6) is 11.6 Å². The van der Waals surface area contributed by atoms with E-state index >= 15 is 0 Å². The lowest BCUT2D eigenvalue weighted by atomic mass is 10.2. The Kier molecular flexibility index (Phi) is 7.57. The molecule has 7 nitrogen and oxygen atoms in total. The Morgan fingerprint density at radius 1 is 1.14 bits per heavy atom. The molecule has 0 aliphatic rings. The molecule has 0 aliphatic heterocycles. The smallest absolute Gasteiger partial charge is 0.417 e. The van der Waals surface area contributed by atoms with E-state index in [9.17, 15) is 26.4 Å². The van der Waals surface area contributed by atoms with Crippen LogP contribution in [0, 0.1) is 18.8 Å². The molecule has 0 saturated carbocycles. The second-order valence-corrected chi connectivity index (χ2v) is 9.16. The topological polar surface area (TPSA) is 97.4 Å². The van der Waals surface area contributed by atoms with Gasteiger partial charge >= 0.3 is 6.18 Å². The summed E-state index contributed by atoms with van der Waals surface area (Å²) in [5.41, 5.74) is -0.473. The lowest BCUT2D eigenvalue weighted by Gasteiger charge is -2.15. The predicted octanol–water partition coefficient (Wildman–Crippen LogP) is 5.62. The number of aryl methyl sites for hydroxylation is 1. The fraction of sp³-hybridized carbons (Fsp3) is 0.130. The number of carbonyl (C=O) groups excluding carboxylic acids is 1. The first-order chi connectivity index (χ1) is 16.4. The summed E-state index contributed by atoms with van der Waals surface area (Å²) in [6.45, 7) is 3.16. The first kappa shape index (κ1) is 25.9. The Labute approximate surface area is 204 Å². The Bertz CT molecular complexity index is 1450. The molecule has 3 aromatic rings. The number of sulfonamides is 1. The van der Waals surface area contributed by atoms with Crippen LogP contribution < -0.4 is 14.8 Å². The van der Waals surface area contributed by atoms with E-state index in [0.717, 1.165) is 12.1 Å². The van der Waals surface area contributed by atoms with Gasteiger partial charge in [0.1, 0.15) is 11.4 Å². The van der Waals surface area contributed by atoms with Crippen LogP contribution in [0.1, 0.15) is 18.1 Å². The summed E-state index contributed by atoms with van der Waals surface area (Å²) in [6.07, 6.45) is -3.43. The number of halogens is 4. The van der Waals surface area contributed by atoms with Crippen LogP contribution in [0.15, 0.2) is 59.6 Å². The first-order valence-electron chi connectivity index (χ1n) is 9.77. The molecular formula is C23H17ClF3N3O4S. The van der Waals surface area contributed by atoms with Crippen LogP contribution in [-0.4, -0.2) is 19.3 Å². The van der Waals surface area contributed by atoms with Gasteiger partial charge in [0.15, 0.2) is 0 Å². The fourth-order valence-electron chi connectivity index (χ4n) is 2.83. The zero-order valence-corrected chi connectivity index (χ0v) is 19.8. The van der Waals surface area contributed by atoms with Gasteiger partial charge in [-0.3, -0.25) is 9.52 Å². The largest absolute Gasteiger partial charge is 0.437 e. The van der Waals surface area contributed by atoms with Crippen molar-refractivity contribution in [3.63, 3.8) is 0 Å². The zero-order valence-electron chi connectivity index (χ0n) is 18.2. The van der Waals surface area contributed by atoms with Gasteiger partial charge in [-0.05, 0) is 61.7 Å². The van der Waals surface area contributed by atoms with Crippen LogP contribution >= 0.6 is 11.6 Å². The van der Waals surface area contributed by atoms with E-state index in [1.165, 1.54) is 31.3 Å². The molecule has 182 valence electrons. The third-order valence-electron chi connectivity index (χ3n) is 4.33. The summed E-state index contributed by atoms with van der Waals surface area (Å²) in [7, 11) is -4.48. The average Bonchev–Trinajstić information content (AvgIpc) is 2.75. The van der Waals surface area contributed by atoms with E-state index in [-0.39, 0.29) is 17.3 Å². The SMILES string of the molecule is CC#CC(=O)Nc1cccc(Oc2ncc(C)cc2NS(=O)(=O)c2ccc(Cl)c(C(F)(F)F)c2)c1. The number of hydrogen-bond donors (Lipinski definition) is 2. The van der Waals surface area contributed by atoms with Gasteiger partial charge in [-0.25, -0.2) is 13.4 Å². The lowest BCUT2D eigenvalue weighted by molar-refractivity contribution is -0.137. The molecule has 3 rings (SSSR count).